The van der Waals surface area contributed by atoms with Gasteiger partial charge in [-0.25, -0.2) is 0 Å². The summed E-state index contributed by atoms with van der Waals surface area (Å²) in [7, 11) is 0. The Morgan fingerprint density at radius 3 is 2.38 bits per heavy atom. The van der Waals surface area contributed by atoms with E-state index in [0.717, 1.165) is 19.3 Å². The summed E-state index contributed by atoms with van der Waals surface area (Å²) in [4.78, 5) is 23.8. The van der Waals surface area contributed by atoms with E-state index in [2.05, 4.69) is 45.0 Å². The van der Waals surface area contributed by atoms with Crippen LogP contribution in [-0.4, -0.2) is 17.9 Å². The van der Waals surface area contributed by atoms with E-state index in [0.29, 0.717) is 5.92 Å². The van der Waals surface area contributed by atoms with Crippen LogP contribution in [0, 0.1) is 17.8 Å². The largest absolute Gasteiger partial charge is 0.462 e. The number of carbonyl (C=O) groups excluding carboxylic acids is 2. The average Bonchev–Trinajstić information content (AvgIpc) is 2.54. The van der Waals surface area contributed by atoms with Gasteiger partial charge in [-0.15, -0.1) is 0 Å². The van der Waals surface area contributed by atoms with Crippen LogP contribution in [0.5, 0.6) is 0 Å². The highest BCUT2D eigenvalue weighted by molar-refractivity contribution is 5.97. The predicted molar refractivity (Wildman–Crippen MR) is 95.7 cm³/mol. The molecule has 132 valence electrons. The second-order valence-corrected chi connectivity index (χ2v) is 7.92. The number of hydrogen-bond acceptors (Lipinski definition) is 3. The SMILES string of the molecule is CC(=O)C(C)C(=O)O[C@@H]1C[C@H](C)CC[C@H]1C(C)(C)c1ccccc1. The molecule has 0 N–H and O–H groups in total. The lowest BCUT2D eigenvalue weighted by atomic mass is 9.64. The molecule has 1 aliphatic carbocycles. The van der Waals surface area contributed by atoms with Gasteiger partial charge in [0.25, 0.3) is 0 Å². The predicted octanol–water partition coefficient (Wildman–Crippen LogP) is 4.54. The highest BCUT2D eigenvalue weighted by Crippen LogP contribution is 2.43. The highest BCUT2D eigenvalue weighted by atomic mass is 16.5. The minimum absolute atomic E-state index is 0.0776. The Bertz CT molecular complexity index is 576. The van der Waals surface area contributed by atoms with Crippen molar-refractivity contribution in [3.8, 4) is 0 Å². The van der Waals surface area contributed by atoms with Crippen LogP contribution in [0.15, 0.2) is 30.3 Å². The van der Waals surface area contributed by atoms with Crippen molar-refractivity contribution < 1.29 is 14.3 Å². The lowest BCUT2D eigenvalue weighted by Crippen LogP contribution is -2.44. The molecule has 0 bridgehead atoms. The zero-order valence-corrected chi connectivity index (χ0v) is 15.5. The molecule has 3 nitrogen and oxygen atoms in total. The first-order valence-electron chi connectivity index (χ1n) is 9.00. The molecule has 0 saturated heterocycles. The van der Waals surface area contributed by atoms with Gasteiger partial charge >= 0.3 is 5.97 Å². The molecule has 1 aromatic carbocycles. The van der Waals surface area contributed by atoms with Gasteiger partial charge in [-0.2, -0.15) is 0 Å². The van der Waals surface area contributed by atoms with E-state index in [1.165, 1.54) is 12.5 Å². The second-order valence-electron chi connectivity index (χ2n) is 7.92. The third-order valence-corrected chi connectivity index (χ3v) is 5.73. The maximum absolute atomic E-state index is 12.3. The Labute approximate surface area is 145 Å². The standard InChI is InChI=1S/C21H30O3/c1-14-11-12-18(21(4,5)17-9-7-6-8-10-17)19(13-14)24-20(23)15(2)16(3)22/h6-10,14-15,18-19H,11-13H2,1-5H3/t14-,15?,18-,19-/m1/s1. The lowest BCUT2D eigenvalue weighted by molar-refractivity contribution is -0.162. The summed E-state index contributed by atoms with van der Waals surface area (Å²) in [5.74, 6) is -0.390. The molecule has 0 aliphatic heterocycles. The van der Waals surface area contributed by atoms with E-state index in [4.69, 9.17) is 4.74 Å². The Balaban J connectivity index is 2.22. The summed E-state index contributed by atoms with van der Waals surface area (Å²) < 4.78 is 5.85. The Morgan fingerprint density at radius 2 is 1.79 bits per heavy atom. The number of ether oxygens (including phenoxy) is 1. The molecule has 1 aliphatic rings. The topological polar surface area (TPSA) is 43.4 Å². The van der Waals surface area contributed by atoms with Gasteiger partial charge in [-0.05, 0) is 43.6 Å². The minimum atomic E-state index is -0.678. The number of esters is 1. The van der Waals surface area contributed by atoms with Gasteiger partial charge in [0.15, 0.2) is 0 Å². The number of rotatable bonds is 5. The number of ketones is 1. The lowest BCUT2D eigenvalue weighted by Gasteiger charge is -2.44. The van der Waals surface area contributed by atoms with Crippen molar-refractivity contribution in [2.45, 2.75) is 65.4 Å². The third kappa shape index (κ3) is 4.06. The first-order chi connectivity index (χ1) is 11.2. The first-order valence-corrected chi connectivity index (χ1v) is 9.00. The summed E-state index contributed by atoms with van der Waals surface area (Å²) in [5.41, 5.74) is 1.19. The van der Waals surface area contributed by atoms with Gasteiger partial charge in [0.1, 0.15) is 17.8 Å². The maximum atomic E-state index is 12.3. The number of Topliss-reactive ketones (excluding diaryl/α,β-unsaturated/α-hetero) is 1. The normalized spacial score (nSPS) is 25.8. The highest BCUT2D eigenvalue weighted by Gasteiger charge is 2.42. The van der Waals surface area contributed by atoms with Crippen LogP contribution in [-0.2, 0) is 19.7 Å². The molecule has 1 saturated carbocycles. The zero-order chi connectivity index (χ0) is 17.9. The van der Waals surface area contributed by atoms with E-state index < -0.39 is 5.92 Å². The molecule has 0 heterocycles. The second kappa shape index (κ2) is 7.50. The summed E-state index contributed by atoms with van der Waals surface area (Å²) in [6, 6.07) is 10.4. The molecule has 3 heteroatoms. The molecule has 1 unspecified atom stereocenters. The van der Waals surface area contributed by atoms with Gasteiger partial charge < -0.3 is 4.74 Å². The van der Waals surface area contributed by atoms with Crippen LogP contribution >= 0.6 is 0 Å². The maximum Gasteiger partial charge on any atom is 0.316 e. The summed E-state index contributed by atoms with van der Waals surface area (Å²) in [6.45, 7) is 9.76. The van der Waals surface area contributed by atoms with Crippen LogP contribution < -0.4 is 0 Å². The first kappa shape index (κ1) is 18.7. The molecule has 0 aromatic heterocycles. The van der Waals surface area contributed by atoms with E-state index in [1.807, 2.05) is 6.07 Å². The van der Waals surface area contributed by atoms with E-state index in [-0.39, 0.29) is 29.2 Å². The molecule has 0 amide bonds. The number of carbonyl (C=O) groups is 2. The fourth-order valence-electron chi connectivity index (χ4n) is 3.78. The van der Waals surface area contributed by atoms with Gasteiger partial charge in [-0.3, -0.25) is 9.59 Å². The van der Waals surface area contributed by atoms with Crippen molar-refractivity contribution in [1.29, 1.82) is 0 Å². The summed E-state index contributed by atoms with van der Waals surface area (Å²) in [5, 5.41) is 0. The van der Waals surface area contributed by atoms with Crippen LogP contribution in [0.1, 0.15) is 59.4 Å². The molecule has 0 radical (unpaired) electrons. The summed E-state index contributed by atoms with van der Waals surface area (Å²) >= 11 is 0. The quantitative estimate of drug-likeness (QED) is 0.588. The number of hydrogen-bond donors (Lipinski definition) is 0. The minimum Gasteiger partial charge on any atom is -0.462 e. The van der Waals surface area contributed by atoms with Crippen molar-refractivity contribution in [1.82, 2.24) is 0 Å². The smallest absolute Gasteiger partial charge is 0.316 e. The van der Waals surface area contributed by atoms with Gasteiger partial charge in [0, 0.05) is 5.92 Å². The van der Waals surface area contributed by atoms with Gasteiger partial charge in [0.2, 0.25) is 0 Å². The Morgan fingerprint density at radius 1 is 1.17 bits per heavy atom. The van der Waals surface area contributed by atoms with E-state index in [9.17, 15) is 9.59 Å². The van der Waals surface area contributed by atoms with Crippen LogP contribution in [0.4, 0.5) is 0 Å². The van der Waals surface area contributed by atoms with Crippen LogP contribution in [0.2, 0.25) is 0 Å². The molecule has 1 fully saturated rings. The Kier molecular flexibility index (Phi) is 5.84. The van der Waals surface area contributed by atoms with Crippen molar-refractivity contribution in [3.63, 3.8) is 0 Å². The molecule has 24 heavy (non-hydrogen) atoms. The number of benzene rings is 1. The Hall–Kier alpha value is -1.64. The van der Waals surface area contributed by atoms with Crippen LogP contribution in [0.3, 0.4) is 0 Å². The average molecular weight is 330 g/mol. The molecular weight excluding hydrogens is 300 g/mol. The van der Waals surface area contributed by atoms with Gasteiger partial charge in [0.05, 0.1) is 0 Å². The van der Waals surface area contributed by atoms with E-state index in [1.54, 1.807) is 6.92 Å². The zero-order valence-electron chi connectivity index (χ0n) is 15.5. The van der Waals surface area contributed by atoms with E-state index >= 15 is 0 Å². The van der Waals surface area contributed by atoms with Gasteiger partial charge in [-0.1, -0.05) is 57.5 Å². The molecule has 2 rings (SSSR count). The summed E-state index contributed by atoms with van der Waals surface area (Å²) in [6.07, 6.45) is 2.93. The molecule has 4 atom stereocenters. The van der Waals surface area contributed by atoms with Crippen molar-refractivity contribution >= 4 is 11.8 Å². The fourth-order valence-corrected chi connectivity index (χ4v) is 3.78. The van der Waals surface area contributed by atoms with Crippen LogP contribution in [0.25, 0.3) is 0 Å². The molecular formula is C21H30O3. The third-order valence-electron chi connectivity index (χ3n) is 5.73. The molecule has 0 spiro atoms. The fraction of sp³-hybridized carbons (Fsp3) is 0.619. The monoisotopic (exact) mass is 330 g/mol. The van der Waals surface area contributed by atoms with Crippen molar-refractivity contribution in [2.24, 2.45) is 17.8 Å². The van der Waals surface area contributed by atoms with Crippen molar-refractivity contribution in [2.75, 3.05) is 0 Å². The van der Waals surface area contributed by atoms with Crippen molar-refractivity contribution in [3.05, 3.63) is 35.9 Å². The molecule has 1 aromatic rings.